The molecule has 0 amide bonds. The third kappa shape index (κ3) is 3.57. The number of hydrogen-bond donors (Lipinski definition) is 1. The first-order valence-electron chi connectivity index (χ1n) is 7.07. The zero-order chi connectivity index (χ0) is 13.8. The van der Waals surface area contributed by atoms with E-state index >= 15 is 0 Å². The fraction of sp³-hybridized carbons (Fsp3) is 0.714. The summed E-state index contributed by atoms with van der Waals surface area (Å²) < 4.78 is 1.73. The zero-order valence-corrected chi connectivity index (χ0v) is 12.5. The van der Waals surface area contributed by atoms with Crippen LogP contribution in [0.5, 0.6) is 0 Å². The second-order valence-electron chi connectivity index (χ2n) is 5.26. The van der Waals surface area contributed by atoms with Gasteiger partial charge in [-0.1, -0.05) is 31.4 Å². The summed E-state index contributed by atoms with van der Waals surface area (Å²) in [7, 11) is 1.85. The van der Waals surface area contributed by atoms with Crippen molar-refractivity contribution in [1.82, 2.24) is 15.1 Å². The normalized spacial score (nSPS) is 16.2. The number of hydrogen-bond acceptors (Lipinski definition) is 3. The number of halogens is 1. The molecule has 1 N–H and O–H groups in total. The second kappa shape index (κ2) is 6.53. The number of Topliss-reactive ketones (excluding diaryl/α,β-unsaturated/α-hetero) is 1. The average Bonchev–Trinajstić information content (AvgIpc) is 2.99. The molecule has 0 atom stereocenters. The van der Waals surface area contributed by atoms with Crippen LogP contribution in [0.4, 0.5) is 0 Å². The van der Waals surface area contributed by atoms with Crippen LogP contribution in [-0.4, -0.2) is 28.2 Å². The van der Waals surface area contributed by atoms with E-state index in [-0.39, 0.29) is 5.78 Å². The molecule has 1 fully saturated rings. The topological polar surface area (TPSA) is 46.9 Å². The minimum Gasteiger partial charge on any atom is -0.307 e. The number of aryl methyl sites for hydroxylation is 2. The fourth-order valence-corrected chi connectivity index (χ4v) is 3.01. The van der Waals surface area contributed by atoms with E-state index in [9.17, 15) is 4.79 Å². The molecule has 0 saturated heterocycles. The Hall–Kier alpha value is -0.870. The van der Waals surface area contributed by atoms with E-state index in [1.54, 1.807) is 4.68 Å². The van der Waals surface area contributed by atoms with Gasteiger partial charge in [-0.2, -0.15) is 5.10 Å². The summed E-state index contributed by atoms with van der Waals surface area (Å²) in [5, 5.41) is 8.32. The molecule has 4 nitrogen and oxygen atoms in total. The number of carbonyl (C=O) groups excluding carboxylic acids is 1. The molecule has 1 aromatic heterocycles. The van der Waals surface area contributed by atoms with E-state index < -0.39 is 0 Å². The van der Waals surface area contributed by atoms with Gasteiger partial charge in [0.1, 0.15) is 0 Å². The van der Waals surface area contributed by atoms with Gasteiger partial charge >= 0.3 is 0 Å². The number of carbonyl (C=O) groups is 1. The van der Waals surface area contributed by atoms with Gasteiger partial charge in [0.15, 0.2) is 5.78 Å². The third-order valence-electron chi connectivity index (χ3n) is 3.81. The molecule has 0 spiro atoms. The molecule has 5 heteroatoms. The molecule has 1 aromatic rings. The van der Waals surface area contributed by atoms with Gasteiger partial charge in [0.05, 0.1) is 29.4 Å². The van der Waals surface area contributed by atoms with Crippen molar-refractivity contribution in [1.29, 1.82) is 0 Å². The largest absolute Gasteiger partial charge is 0.307 e. The molecule has 1 heterocycles. The smallest absolute Gasteiger partial charge is 0.152 e. The lowest BCUT2D eigenvalue weighted by Gasteiger charge is -2.10. The molecular formula is C14H22ClN3O. The Bertz CT molecular complexity index is 450. The first-order valence-corrected chi connectivity index (χ1v) is 7.45. The molecule has 1 saturated carbocycles. The van der Waals surface area contributed by atoms with Gasteiger partial charge in [0, 0.05) is 13.1 Å². The van der Waals surface area contributed by atoms with Crippen LogP contribution in [0.2, 0.25) is 5.02 Å². The minimum absolute atomic E-state index is 0.180. The quantitative estimate of drug-likeness (QED) is 0.871. The number of rotatable bonds is 6. The van der Waals surface area contributed by atoms with Crippen LogP contribution in [0.3, 0.4) is 0 Å². The molecule has 0 bridgehead atoms. The van der Waals surface area contributed by atoms with Gasteiger partial charge in [-0.05, 0) is 19.3 Å². The number of ketones is 1. The van der Waals surface area contributed by atoms with E-state index in [1.165, 1.54) is 25.7 Å². The molecular weight excluding hydrogens is 262 g/mol. The van der Waals surface area contributed by atoms with Crippen molar-refractivity contribution in [3.8, 4) is 0 Å². The molecule has 1 aliphatic carbocycles. The van der Waals surface area contributed by atoms with E-state index in [0.717, 1.165) is 17.8 Å². The Balaban J connectivity index is 1.89. The molecule has 0 aliphatic heterocycles. The lowest BCUT2D eigenvalue weighted by atomic mass is 10.1. The zero-order valence-electron chi connectivity index (χ0n) is 11.7. The summed E-state index contributed by atoms with van der Waals surface area (Å²) in [5.74, 6) is 0.180. The van der Waals surface area contributed by atoms with Gasteiger partial charge in [0.25, 0.3) is 0 Å². The monoisotopic (exact) mass is 283 g/mol. The lowest BCUT2D eigenvalue weighted by molar-refractivity contribution is -0.117. The Kier molecular flexibility index (Phi) is 4.99. The summed E-state index contributed by atoms with van der Waals surface area (Å²) in [6, 6.07) is 0.525. The van der Waals surface area contributed by atoms with Crippen LogP contribution in [0.1, 0.15) is 44.0 Å². The van der Waals surface area contributed by atoms with Crippen LogP contribution >= 0.6 is 11.6 Å². The van der Waals surface area contributed by atoms with E-state index in [0.29, 0.717) is 24.0 Å². The number of aromatic nitrogens is 2. The van der Waals surface area contributed by atoms with Crippen molar-refractivity contribution in [2.45, 2.75) is 51.5 Å². The molecule has 106 valence electrons. The SMILES string of the molecule is CCc1nn(C)c(CC(=O)CNC2CCCC2)c1Cl. The molecule has 2 rings (SSSR count). The fourth-order valence-electron chi connectivity index (χ4n) is 2.65. The highest BCUT2D eigenvalue weighted by molar-refractivity contribution is 6.32. The molecule has 19 heavy (non-hydrogen) atoms. The predicted octanol–water partition coefficient (Wildman–Crippen LogP) is 2.28. The van der Waals surface area contributed by atoms with E-state index in [4.69, 9.17) is 11.6 Å². The summed E-state index contributed by atoms with van der Waals surface area (Å²) in [6.45, 7) is 2.45. The highest BCUT2D eigenvalue weighted by Gasteiger charge is 2.18. The van der Waals surface area contributed by atoms with Gasteiger partial charge in [-0.15, -0.1) is 0 Å². The van der Waals surface area contributed by atoms with Crippen molar-refractivity contribution in [3.05, 3.63) is 16.4 Å². The first kappa shape index (κ1) is 14.5. The number of nitrogens with one attached hydrogen (secondary N) is 1. The standard InChI is InChI=1S/C14H22ClN3O/c1-3-12-14(15)13(18(2)17-12)8-11(19)9-16-10-6-4-5-7-10/h10,16H,3-9H2,1-2H3. The van der Waals surface area contributed by atoms with Crippen molar-refractivity contribution in [3.63, 3.8) is 0 Å². The maximum atomic E-state index is 12.0. The van der Waals surface area contributed by atoms with E-state index in [2.05, 4.69) is 10.4 Å². The van der Waals surface area contributed by atoms with Crippen molar-refractivity contribution < 1.29 is 4.79 Å². The van der Waals surface area contributed by atoms with E-state index in [1.807, 2.05) is 14.0 Å². The molecule has 0 unspecified atom stereocenters. The Morgan fingerprint density at radius 3 is 2.74 bits per heavy atom. The molecule has 0 radical (unpaired) electrons. The van der Waals surface area contributed by atoms with Gasteiger partial charge in [-0.3, -0.25) is 9.48 Å². The van der Waals surface area contributed by atoms with Crippen molar-refractivity contribution in [2.75, 3.05) is 6.54 Å². The Morgan fingerprint density at radius 2 is 2.16 bits per heavy atom. The minimum atomic E-state index is 0.180. The third-order valence-corrected chi connectivity index (χ3v) is 4.25. The van der Waals surface area contributed by atoms with Crippen LogP contribution in [0.25, 0.3) is 0 Å². The summed E-state index contributed by atoms with van der Waals surface area (Å²) >= 11 is 6.25. The second-order valence-corrected chi connectivity index (χ2v) is 5.64. The van der Waals surface area contributed by atoms with Gasteiger partial charge < -0.3 is 5.32 Å². The van der Waals surface area contributed by atoms with Crippen LogP contribution < -0.4 is 5.32 Å². The summed E-state index contributed by atoms with van der Waals surface area (Å²) in [4.78, 5) is 12.0. The highest BCUT2D eigenvalue weighted by atomic mass is 35.5. The van der Waals surface area contributed by atoms with Gasteiger partial charge in [-0.25, -0.2) is 0 Å². The maximum Gasteiger partial charge on any atom is 0.152 e. The number of nitrogens with zero attached hydrogens (tertiary/aromatic N) is 2. The predicted molar refractivity (Wildman–Crippen MR) is 76.6 cm³/mol. The maximum absolute atomic E-state index is 12.0. The Morgan fingerprint density at radius 1 is 1.47 bits per heavy atom. The highest BCUT2D eigenvalue weighted by Crippen LogP contribution is 2.21. The molecule has 1 aliphatic rings. The van der Waals surface area contributed by atoms with Crippen LogP contribution in [-0.2, 0) is 24.7 Å². The van der Waals surface area contributed by atoms with Crippen molar-refractivity contribution in [2.24, 2.45) is 7.05 Å². The Labute approximate surface area is 119 Å². The first-order chi connectivity index (χ1) is 9.11. The molecule has 0 aromatic carbocycles. The summed E-state index contributed by atoms with van der Waals surface area (Å²) in [5.41, 5.74) is 1.70. The van der Waals surface area contributed by atoms with Crippen LogP contribution in [0.15, 0.2) is 0 Å². The van der Waals surface area contributed by atoms with Crippen molar-refractivity contribution >= 4 is 17.4 Å². The van der Waals surface area contributed by atoms with Gasteiger partial charge in [0.2, 0.25) is 0 Å². The average molecular weight is 284 g/mol. The summed E-state index contributed by atoms with van der Waals surface area (Å²) in [6.07, 6.45) is 6.10. The van der Waals surface area contributed by atoms with Crippen LogP contribution in [0, 0.1) is 0 Å². The lowest BCUT2D eigenvalue weighted by Crippen LogP contribution is -2.32.